The summed E-state index contributed by atoms with van der Waals surface area (Å²) in [6.07, 6.45) is 7.41. The van der Waals surface area contributed by atoms with Gasteiger partial charge in [0.2, 0.25) is 5.91 Å². The van der Waals surface area contributed by atoms with Gasteiger partial charge in [0.05, 0.1) is 19.6 Å². The van der Waals surface area contributed by atoms with E-state index < -0.39 is 11.2 Å². The van der Waals surface area contributed by atoms with Crippen molar-refractivity contribution in [2.24, 2.45) is 0 Å². The number of rotatable bonds is 10. The van der Waals surface area contributed by atoms with Crippen LogP contribution in [0.5, 0.6) is 0 Å². The Kier molecular flexibility index (Phi) is 8.20. The zero-order valence-electron chi connectivity index (χ0n) is 19.7. The number of aromatic amines is 1. The second-order valence-corrected chi connectivity index (χ2v) is 9.73. The van der Waals surface area contributed by atoms with E-state index in [2.05, 4.69) is 16.4 Å². The average Bonchev–Trinajstić information content (AvgIpc) is 3.39. The van der Waals surface area contributed by atoms with Crippen LogP contribution in [0.2, 0.25) is 0 Å². The van der Waals surface area contributed by atoms with E-state index in [4.69, 9.17) is 5.73 Å². The van der Waals surface area contributed by atoms with Gasteiger partial charge in [-0.3, -0.25) is 19.1 Å². The highest BCUT2D eigenvalue weighted by molar-refractivity contribution is 7.09. The number of aromatic nitrogens is 2. The molecule has 2 aromatic heterocycles. The summed E-state index contributed by atoms with van der Waals surface area (Å²) in [6.45, 7) is 1.07. The smallest absolute Gasteiger partial charge is 0.330 e. The Bertz CT molecular complexity index is 1280. The van der Waals surface area contributed by atoms with Crippen LogP contribution in [0.1, 0.15) is 42.5 Å². The first kappa shape index (κ1) is 24.5. The van der Waals surface area contributed by atoms with E-state index in [-0.39, 0.29) is 30.5 Å². The molecule has 1 aromatic carbocycles. The van der Waals surface area contributed by atoms with Crippen LogP contribution in [-0.4, -0.2) is 28.5 Å². The Labute approximate surface area is 208 Å². The molecule has 184 valence electrons. The SMILES string of the molecule is Nc1c(N(CCC2=CCCCC2)CC(=O)NCc2cccs2)c(=O)[nH]c(=O)n1Cc1ccccc1. The lowest BCUT2D eigenvalue weighted by atomic mass is 9.97. The Morgan fingerprint density at radius 2 is 1.97 bits per heavy atom. The summed E-state index contributed by atoms with van der Waals surface area (Å²) in [5.74, 6) is -0.151. The highest BCUT2D eigenvalue weighted by Gasteiger charge is 2.22. The van der Waals surface area contributed by atoms with Gasteiger partial charge in [0.15, 0.2) is 0 Å². The number of allylic oxidation sites excluding steroid dienone is 1. The number of thiophene rings is 1. The molecule has 0 saturated carbocycles. The van der Waals surface area contributed by atoms with Crippen LogP contribution in [0.25, 0.3) is 0 Å². The molecule has 0 atom stereocenters. The number of carbonyl (C=O) groups is 1. The zero-order chi connectivity index (χ0) is 24.6. The molecule has 0 saturated heterocycles. The second-order valence-electron chi connectivity index (χ2n) is 8.70. The number of nitrogen functional groups attached to an aromatic ring is 1. The van der Waals surface area contributed by atoms with Gasteiger partial charge in [-0.2, -0.15) is 0 Å². The summed E-state index contributed by atoms with van der Waals surface area (Å²) < 4.78 is 1.35. The zero-order valence-corrected chi connectivity index (χ0v) is 20.5. The lowest BCUT2D eigenvalue weighted by Crippen LogP contribution is -2.43. The van der Waals surface area contributed by atoms with Crippen molar-refractivity contribution in [2.75, 3.05) is 23.7 Å². The number of hydrogen-bond donors (Lipinski definition) is 3. The van der Waals surface area contributed by atoms with Crippen molar-refractivity contribution in [3.8, 4) is 0 Å². The van der Waals surface area contributed by atoms with E-state index in [1.807, 2.05) is 47.8 Å². The van der Waals surface area contributed by atoms with Crippen molar-refractivity contribution < 1.29 is 4.79 Å². The topological polar surface area (TPSA) is 113 Å². The summed E-state index contributed by atoms with van der Waals surface area (Å²) in [5.41, 5.74) is 7.63. The number of benzene rings is 1. The minimum absolute atomic E-state index is 0.0323. The predicted molar refractivity (Wildman–Crippen MR) is 141 cm³/mol. The first-order valence-electron chi connectivity index (χ1n) is 11.9. The Hall–Kier alpha value is -3.59. The second kappa shape index (κ2) is 11.7. The molecule has 1 amide bonds. The van der Waals surface area contributed by atoms with Crippen LogP contribution in [0.15, 0.2) is 69.1 Å². The van der Waals surface area contributed by atoms with Crippen LogP contribution in [0, 0.1) is 0 Å². The number of nitrogens with zero attached hydrogens (tertiary/aromatic N) is 2. The number of hydrogen-bond acceptors (Lipinski definition) is 6. The van der Waals surface area contributed by atoms with Crippen molar-refractivity contribution in [1.29, 1.82) is 0 Å². The van der Waals surface area contributed by atoms with Crippen molar-refractivity contribution in [3.05, 3.63) is 90.8 Å². The highest BCUT2D eigenvalue weighted by atomic mass is 32.1. The third-order valence-corrected chi connectivity index (χ3v) is 7.05. The Balaban J connectivity index is 1.60. The van der Waals surface area contributed by atoms with E-state index in [1.54, 1.807) is 16.2 Å². The lowest BCUT2D eigenvalue weighted by molar-refractivity contribution is -0.119. The van der Waals surface area contributed by atoms with E-state index >= 15 is 0 Å². The third-order valence-electron chi connectivity index (χ3n) is 6.18. The molecular weight excluding hydrogens is 462 g/mol. The van der Waals surface area contributed by atoms with Crippen molar-refractivity contribution in [2.45, 2.75) is 45.2 Å². The molecule has 0 aliphatic heterocycles. The maximum Gasteiger partial charge on any atom is 0.330 e. The van der Waals surface area contributed by atoms with Crippen LogP contribution in [0.3, 0.4) is 0 Å². The van der Waals surface area contributed by atoms with Crippen molar-refractivity contribution in [1.82, 2.24) is 14.9 Å². The number of carbonyl (C=O) groups excluding carboxylic acids is 1. The summed E-state index contributed by atoms with van der Waals surface area (Å²) in [6, 6.07) is 13.3. The van der Waals surface area contributed by atoms with Crippen LogP contribution in [-0.2, 0) is 17.9 Å². The third kappa shape index (κ3) is 6.51. The van der Waals surface area contributed by atoms with Crippen molar-refractivity contribution in [3.63, 3.8) is 0 Å². The normalized spacial score (nSPS) is 13.3. The van der Waals surface area contributed by atoms with Crippen LogP contribution in [0.4, 0.5) is 11.5 Å². The largest absolute Gasteiger partial charge is 0.383 e. The highest BCUT2D eigenvalue weighted by Crippen LogP contribution is 2.23. The minimum atomic E-state index is -0.583. The first-order chi connectivity index (χ1) is 17.0. The predicted octanol–water partition coefficient (Wildman–Crippen LogP) is 3.24. The van der Waals surface area contributed by atoms with E-state index in [0.717, 1.165) is 36.1 Å². The molecule has 1 aliphatic rings. The summed E-state index contributed by atoms with van der Waals surface area (Å²) in [7, 11) is 0. The molecule has 0 fully saturated rings. The molecule has 3 aromatic rings. The number of anilines is 2. The van der Waals surface area contributed by atoms with Crippen LogP contribution < -0.4 is 27.2 Å². The number of H-pyrrole nitrogens is 1. The maximum atomic E-state index is 12.9. The minimum Gasteiger partial charge on any atom is -0.383 e. The summed E-state index contributed by atoms with van der Waals surface area (Å²) in [4.78, 5) is 43.6. The molecule has 2 heterocycles. The van der Waals surface area contributed by atoms with Gasteiger partial charge in [-0.05, 0) is 49.1 Å². The quantitative estimate of drug-likeness (QED) is 0.375. The average molecular weight is 494 g/mol. The molecule has 35 heavy (non-hydrogen) atoms. The van der Waals surface area contributed by atoms with E-state index in [1.165, 1.54) is 16.6 Å². The standard InChI is InChI=1S/C26H31N5O3S/c27-24-23(25(33)29-26(34)31(24)17-20-10-5-2-6-11-20)30(14-13-19-8-3-1-4-9-19)18-22(32)28-16-21-12-7-15-35-21/h2,5-8,10-12,15H,1,3-4,9,13-14,16-18,27H2,(H,28,32)(H,29,33,34). The van der Waals surface area contributed by atoms with Crippen molar-refractivity contribution >= 4 is 28.7 Å². The summed E-state index contributed by atoms with van der Waals surface area (Å²) in [5, 5.41) is 4.88. The molecule has 4 rings (SSSR count). The van der Waals surface area contributed by atoms with E-state index in [9.17, 15) is 14.4 Å². The Morgan fingerprint density at radius 1 is 1.14 bits per heavy atom. The molecular formula is C26H31N5O3S. The first-order valence-corrected chi connectivity index (χ1v) is 12.8. The van der Waals surface area contributed by atoms with Gasteiger partial charge in [0.25, 0.3) is 5.56 Å². The fraction of sp³-hybridized carbons (Fsp3) is 0.346. The van der Waals surface area contributed by atoms with Crippen LogP contribution >= 0.6 is 11.3 Å². The number of amides is 1. The number of nitrogens with two attached hydrogens (primary N) is 1. The monoisotopic (exact) mass is 493 g/mol. The van der Waals surface area contributed by atoms with Gasteiger partial charge >= 0.3 is 5.69 Å². The van der Waals surface area contributed by atoms with Gasteiger partial charge in [-0.25, -0.2) is 4.79 Å². The van der Waals surface area contributed by atoms with Gasteiger partial charge < -0.3 is 16.0 Å². The molecule has 9 heteroatoms. The lowest BCUT2D eigenvalue weighted by Gasteiger charge is -2.26. The fourth-order valence-electron chi connectivity index (χ4n) is 4.31. The molecule has 0 radical (unpaired) electrons. The van der Waals surface area contributed by atoms with Gasteiger partial charge in [0, 0.05) is 11.4 Å². The van der Waals surface area contributed by atoms with Gasteiger partial charge in [0.1, 0.15) is 11.5 Å². The Morgan fingerprint density at radius 3 is 2.69 bits per heavy atom. The molecule has 1 aliphatic carbocycles. The molecule has 0 unspecified atom stereocenters. The maximum absolute atomic E-state index is 12.9. The van der Waals surface area contributed by atoms with E-state index in [0.29, 0.717) is 13.1 Å². The van der Waals surface area contributed by atoms with Gasteiger partial charge in [-0.1, -0.05) is 48.0 Å². The van der Waals surface area contributed by atoms with Gasteiger partial charge in [-0.15, -0.1) is 11.3 Å². The molecule has 0 spiro atoms. The summed E-state index contributed by atoms with van der Waals surface area (Å²) >= 11 is 1.57. The number of nitrogens with one attached hydrogen (secondary N) is 2. The fourth-order valence-corrected chi connectivity index (χ4v) is 4.96. The molecule has 4 N–H and O–H groups in total. The molecule has 8 nitrogen and oxygen atoms in total. The molecule has 0 bridgehead atoms.